The Morgan fingerprint density at radius 1 is 1.09 bits per heavy atom. The number of furan rings is 1. The molecule has 3 nitrogen and oxygen atoms in total. The summed E-state index contributed by atoms with van der Waals surface area (Å²) >= 11 is 0. The number of amides is 1. The molecule has 0 aliphatic heterocycles. The number of carbonyl (C=O) groups is 1. The fourth-order valence-corrected chi connectivity index (χ4v) is 2.61. The zero-order valence-corrected chi connectivity index (χ0v) is 12.7. The number of rotatable bonds is 2. The molecule has 3 rings (SSSR count). The summed E-state index contributed by atoms with van der Waals surface area (Å²) in [5.41, 5.74) is 3.91. The Kier molecular flexibility index (Phi) is 3.45. The first-order chi connectivity index (χ1) is 10.5. The first kappa shape index (κ1) is 14.3. The SMILES string of the molecule is CNC(=O)c1c(-c2ccc(F)cc2)oc2ccc(C)c(C)c12. The standard InChI is InChI=1S/C18H16FNO2/c1-10-4-9-14-15(11(10)2)16(18(21)20-3)17(22-14)12-5-7-13(19)8-6-12/h4-9H,1-3H3,(H,20,21). The Labute approximate surface area is 127 Å². The van der Waals surface area contributed by atoms with Crippen LogP contribution >= 0.6 is 0 Å². The number of aryl methyl sites for hydroxylation is 2. The van der Waals surface area contributed by atoms with Gasteiger partial charge in [-0.25, -0.2) is 4.39 Å². The van der Waals surface area contributed by atoms with Crippen LogP contribution in [-0.4, -0.2) is 13.0 Å². The summed E-state index contributed by atoms with van der Waals surface area (Å²) < 4.78 is 19.0. The van der Waals surface area contributed by atoms with E-state index in [9.17, 15) is 9.18 Å². The van der Waals surface area contributed by atoms with Crippen LogP contribution in [0.3, 0.4) is 0 Å². The number of carbonyl (C=O) groups excluding carboxylic acids is 1. The molecule has 1 heterocycles. The molecule has 1 amide bonds. The number of nitrogens with one attached hydrogen (secondary N) is 1. The van der Waals surface area contributed by atoms with Crippen molar-refractivity contribution in [1.82, 2.24) is 5.32 Å². The van der Waals surface area contributed by atoms with Crippen molar-refractivity contribution in [2.75, 3.05) is 7.05 Å². The highest BCUT2D eigenvalue weighted by Crippen LogP contribution is 2.36. The summed E-state index contributed by atoms with van der Waals surface area (Å²) in [6, 6.07) is 9.76. The Morgan fingerprint density at radius 3 is 2.41 bits per heavy atom. The van der Waals surface area contributed by atoms with Crippen molar-refractivity contribution in [2.24, 2.45) is 0 Å². The third-order valence-corrected chi connectivity index (χ3v) is 3.95. The lowest BCUT2D eigenvalue weighted by Gasteiger charge is -2.05. The van der Waals surface area contributed by atoms with Gasteiger partial charge in [-0.2, -0.15) is 0 Å². The quantitative estimate of drug-likeness (QED) is 0.769. The van der Waals surface area contributed by atoms with Crippen LogP contribution in [0.5, 0.6) is 0 Å². The highest BCUT2D eigenvalue weighted by atomic mass is 19.1. The van der Waals surface area contributed by atoms with Gasteiger partial charge in [0.15, 0.2) is 0 Å². The summed E-state index contributed by atoms with van der Waals surface area (Å²) in [4.78, 5) is 12.4. The summed E-state index contributed by atoms with van der Waals surface area (Å²) in [7, 11) is 1.58. The van der Waals surface area contributed by atoms with E-state index in [-0.39, 0.29) is 11.7 Å². The van der Waals surface area contributed by atoms with E-state index in [4.69, 9.17) is 4.42 Å². The van der Waals surface area contributed by atoms with Crippen molar-refractivity contribution in [2.45, 2.75) is 13.8 Å². The Morgan fingerprint density at radius 2 is 1.77 bits per heavy atom. The van der Waals surface area contributed by atoms with E-state index in [1.807, 2.05) is 26.0 Å². The molecule has 1 aromatic heterocycles. The van der Waals surface area contributed by atoms with Gasteiger partial charge in [0.25, 0.3) is 5.91 Å². The van der Waals surface area contributed by atoms with Gasteiger partial charge < -0.3 is 9.73 Å². The van der Waals surface area contributed by atoms with Crippen molar-refractivity contribution in [3.05, 3.63) is 58.9 Å². The van der Waals surface area contributed by atoms with Crippen LogP contribution in [0, 0.1) is 19.7 Å². The van der Waals surface area contributed by atoms with Crippen LogP contribution < -0.4 is 5.32 Å². The Bertz CT molecular complexity index is 863. The molecule has 0 saturated heterocycles. The summed E-state index contributed by atoms with van der Waals surface area (Å²) in [5.74, 6) is -0.0804. The zero-order chi connectivity index (χ0) is 15.9. The maximum Gasteiger partial charge on any atom is 0.255 e. The maximum absolute atomic E-state index is 13.1. The molecule has 0 unspecified atom stereocenters. The summed E-state index contributed by atoms with van der Waals surface area (Å²) in [6.45, 7) is 3.96. The average molecular weight is 297 g/mol. The molecule has 0 aliphatic rings. The van der Waals surface area contributed by atoms with Gasteiger partial charge in [0.2, 0.25) is 0 Å². The molecule has 3 aromatic rings. The molecule has 0 fully saturated rings. The van der Waals surface area contributed by atoms with Crippen molar-refractivity contribution >= 4 is 16.9 Å². The lowest BCUT2D eigenvalue weighted by Crippen LogP contribution is -2.18. The van der Waals surface area contributed by atoms with Crippen LogP contribution in [0.1, 0.15) is 21.5 Å². The normalized spacial score (nSPS) is 10.9. The van der Waals surface area contributed by atoms with Gasteiger partial charge >= 0.3 is 0 Å². The molecule has 112 valence electrons. The minimum absolute atomic E-state index is 0.216. The van der Waals surface area contributed by atoms with Gasteiger partial charge in [-0.15, -0.1) is 0 Å². The maximum atomic E-state index is 13.1. The molecule has 1 N–H and O–H groups in total. The largest absolute Gasteiger partial charge is 0.455 e. The number of hydrogen-bond acceptors (Lipinski definition) is 2. The fraction of sp³-hybridized carbons (Fsp3) is 0.167. The molecular weight excluding hydrogens is 281 g/mol. The van der Waals surface area contributed by atoms with Gasteiger partial charge in [0.1, 0.15) is 17.2 Å². The third kappa shape index (κ3) is 2.17. The molecule has 0 spiro atoms. The van der Waals surface area contributed by atoms with Crippen molar-refractivity contribution in [1.29, 1.82) is 0 Å². The van der Waals surface area contributed by atoms with E-state index in [1.54, 1.807) is 19.2 Å². The Hall–Kier alpha value is -2.62. The van der Waals surface area contributed by atoms with Crippen molar-refractivity contribution in [3.63, 3.8) is 0 Å². The molecule has 0 aliphatic carbocycles. The fourth-order valence-electron chi connectivity index (χ4n) is 2.61. The molecule has 0 atom stereocenters. The number of hydrogen-bond donors (Lipinski definition) is 1. The molecule has 4 heteroatoms. The third-order valence-electron chi connectivity index (χ3n) is 3.95. The molecule has 0 bridgehead atoms. The van der Waals surface area contributed by atoms with E-state index < -0.39 is 0 Å². The minimum atomic E-state index is -0.326. The predicted octanol–water partition coefficient (Wildman–Crippen LogP) is 4.22. The lowest BCUT2D eigenvalue weighted by molar-refractivity contribution is 0.0964. The van der Waals surface area contributed by atoms with E-state index >= 15 is 0 Å². The number of halogens is 1. The van der Waals surface area contributed by atoms with Crippen LogP contribution in [0.15, 0.2) is 40.8 Å². The topological polar surface area (TPSA) is 42.2 Å². The van der Waals surface area contributed by atoms with Crippen LogP contribution in [-0.2, 0) is 0 Å². The highest BCUT2D eigenvalue weighted by Gasteiger charge is 2.23. The average Bonchev–Trinajstić information content (AvgIpc) is 2.91. The Balaban J connectivity index is 2.37. The first-order valence-corrected chi connectivity index (χ1v) is 7.03. The number of fused-ring (bicyclic) bond motifs is 1. The smallest absolute Gasteiger partial charge is 0.255 e. The van der Waals surface area contributed by atoms with E-state index in [1.165, 1.54) is 12.1 Å². The molecule has 2 aromatic carbocycles. The highest BCUT2D eigenvalue weighted by molar-refractivity contribution is 6.12. The van der Waals surface area contributed by atoms with Crippen LogP contribution in [0.2, 0.25) is 0 Å². The van der Waals surface area contributed by atoms with Gasteiger partial charge in [-0.1, -0.05) is 6.07 Å². The second kappa shape index (κ2) is 5.30. The van der Waals surface area contributed by atoms with Gasteiger partial charge in [-0.3, -0.25) is 4.79 Å². The van der Waals surface area contributed by atoms with Gasteiger partial charge in [0.05, 0.1) is 5.56 Å². The molecule has 22 heavy (non-hydrogen) atoms. The second-order valence-corrected chi connectivity index (χ2v) is 5.27. The van der Waals surface area contributed by atoms with Crippen LogP contribution in [0.4, 0.5) is 4.39 Å². The lowest BCUT2D eigenvalue weighted by atomic mass is 9.99. The van der Waals surface area contributed by atoms with Crippen molar-refractivity contribution in [3.8, 4) is 11.3 Å². The summed E-state index contributed by atoms with van der Waals surface area (Å²) in [5, 5.41) is 3.46. The van der Waals surface area contributed by atoms with Crippen LogP contribution in [0.25, 0.3) is 22.3 Å². The van der Waals surface area contributed by atoms with Gasteiger partial charge in [-0.05, 0) is 55.3 Å². The van der Waals surface area contributed by atoms with E-state index in [0.717, 1.165) is 16.5 Å². The molecule has 0 saturated carbocycles. The molecule has 0 radical (unpaired) electrons. The first-order valence-electron chi connectivity index (χ1n) is 7.03. The minimum Gasteiger partial charge on any atom is -0.455 e. The van der Waals surface area contributed by atoms with E-state index in [2.05, 4.69) is 5.32 Å². The second-order valence-electron chi connectivity index (χ2n) is 5.27. The predicted molar refractivity (Wildman–Crippen MR) is 84.5 cm³/mol. The van der Waals surface area contributed by atoms with E-state index in [0.29, 0.717) is 22.5 Å². The number of benzene rings is 2. The monoisotopic (exact) mass is 297 g/mol. The van der Waals surface area contributed by atoms with Gasteiger partial charge in [0, 0.05) is 18.0 Å². The summed E-state index contributed by atoms with van der Waals surface area (Å²) in [6.07, 6.45) is 0. The van der Waals surface area contributed by atoms with Crippen molar-refractivity contribution < 1.29 is 13.6 Å². The molecular formula is C18H16FNO2. The zero-order valence-electron chi connectivity index (χ0n) is 12.7.